The smallest absolute Gasteiger partial charge is 0.103 e. The van der Waals surface area contributed by atoms with Gasteiger partial charge in [0.2, 0.25) is 0 Å². The molecular formula is C10H17NO. The molecule has 0 saturated heterocycles. The van der Waals surface area contributed by atoms with Crippen LogP contribution < -0.4 is 5.32 Å². The predicted molar refractivity (Wildman–Crippen MR) is 50.2 cm³/mol. The minimum atomic E-state index is 0.201. The lowest BCUT2D eigenvalue weighted by atomic mass is 9.98. The molecule has 0 aromatic carbocycles. The number of nitrogens with one attached hydrogen (secondary N) is 1. The minimum absolute atomic E-state index is 0.201. The Bertz CT molecular complexity index is 214. The number of rotatable bonds is 4. The summed E-state index contributed by atoms with van der Waals surface area (Å²) in [6, 6.07) is 3.95. The molecule has 0 amide bonds. The summed E-state index contributed by atoms with van der Waals surface area (Å²) in [5, 5.41) is 3.26. The Morgan fingerprint density at radius 2 is 2.25 bits per heavy atom. The molecule has 0 unspecified atom stereocenters. The lowest BCUT2D eigenvalue weighted by molar-refractivity contribution is 0.375. The van der Waals surface area contributed by atoms with Gasteiger partial charge in [0.25, 0.3) is 0 Å². The van der Waals surface area contributed by atoms with E-state index in [1.54, 1.807) is 6.26 Å². The minimum Gasteiger partial charge on any atom is -0.469 e. The van der Waals surface area contributed by atoms with Crippen LogP contribution in [0.1, 0.15) is 26.0 Å². The summed E-state index contributed by atoms with van der Waals surface area (Å²) in [7, 11) is 1.99. The van der Waals surface area contributed by atoms with Gasteiger partial charge in [-0.05, 0) is 39.4 Å². The van der Waals surface area contributed by atoms with Gasteiger partial charge in [-0.15, -0.1) is 0 Å². The van der Waals surface area contributed by atoms with Crippen LogP contribution in [0.15, 0.2) is 22.8 Å². The van der Waals surface area contributed by atoms with Crippen LogP contribution >= 0.6 is 0 Å². The molecule has 0 radical (unpaired) electrons. The van der Waals surface area contributed by atoms with Crippen LogP contribution in [0.25, 0.3) is 0 Å². The summed E-state index contributed by atoms with van der Waals surface area (Å²) in [5.74, 6) is 1.07. The van der Waals surface area contributed by atoms with Gasteiger partial charge in [-0.1, -0.05) is 0 Å². The van der Waals surface area contributed by atoms with E-state index < -0.39 is 0 Å². The second-order valence-corrected chi connectivity index (χ2v) is 3.71. The fraction of sp³-hybridized carbons (Fsp3) is 0.600. The summed E-state index contributed by atoms with van der Waals surface area (Å²) in [6.07, 6.45) is 3.82. The molecule has 12 heavy (non-hydrogen) atoms. The monoisotopic (exact) mass is 167 g/mol. The van der Waals surface area contributed by atoms with Gasteiger partial charge < -0.3 is 9.73 Å². The molecule has 0 spiro atoms. The summed E-state index contributed by atoms with van der Waals surface area (Å²) in [6.45, 7) is 4.38. The quantitative estimate of drug-likeness (QED) is 0.743. The Balaban J connectivity index is 2.36. The predicted octanol–water partition coefficient (Wildman–Crippen LogP) is 2.21. The molecule has 0 aliphatic heterocycles. The van der Waals surface area contributed by atoms with Crippen molar-refractivity contribution in [3.63, 3.8) is 0 Å². The lowest BCUT2D eigenvalue weighted by Crippen LogP contribution is -2.36. The van der Waals surface area contributed by atoms with E-state index in [4.69, 9.17) is 4.42 Å². The summed E-state index contributed by atoms with van der Waals surface area (Å²) >= 11 is 0. The van der Waals surface area contributed by atoms with Crippen LogP contribution in [0.5, 0.6) is 0 Å². The lowest BCUT2D eigenvalue weighted by Gasteiger charge is -2.23. The summed E-state index contributed by atoms with van der Waals surface area (Å²) in [5.41, 5.74) is 0.201. The largest absolute Gasteiger partial charge is 0.469 e. The Kier molecular flexibility index (Phi) is 2.93. The first-order valence-corrected chi connectivity index (χ1v) is 4.35. The summed E-state index contributed by atoms with van der Waals surface area (Å²) < 4.78 is 5.25. The number of aryl methyl sites for hydroxylation is 1. The highest BCUT2D eigenvalue weighted by Crippen LogP contribution is 2.12. The van der Waals surface area contributed by atoms with Crippen LogP contribution in [-0.4, -0.2) is 12.6 Å². The van der Waals surface area contributed by atoms with E-state index in [-0.39, 0.29) is 5.54 Å². The van der Waals surface area contributed by atoms with E-state index in [0.29, 0.717) is 0 Å². The van der Waals surface area contributed by atoms with Gasteiger partial charge in [0, 0.05) is 12.0 Å². The molecule has 2 nitrogen and oxygen atoms in total. The fourth-order valence-electron chi connectivity index (χ4n) is 1.02. The standard InChI is InChI=1S/C10H17NO/c1-10(2,11-3)7-6-9-5-4-8-12-9/h4-5,8,11H,6-7H2,1-3H3. The van der Waals surface area contributed by atoms with Crippen molar-refractivity contribution < 1.29 is 4.42 Å². The zero-order chi connectivity index (χ0) is 9.03. The maximum atomic E-state index is 5.25. The zero-order valence-electron chi connectivity index (χ0n) is 8.05. The molecule has 1 heterocycles. The topological polar surface area (TPSA) is 25.2 Å². The molecule has 68 valence electrons. The molecule has 1 N–H and O–H groups in total. The van der Waals surface area contributed by atoms with Gasteiger partial charge >= 0.3 is 0 Å². The van der Waals surface area contributed by atoms with Gasteiger partial charge in [-0.25, -0.2) is 0 Å². The second-order valence-electron chi connectivity index (χ2n) is 3.71. The average molecular weight is 167 g/mol. The summed E-state index contributed by atoms with van der Waals surface area (Å²) in [4.78, 5) is 0. The SMILES string of the molecule is CNC(C)(C)CCc1ccco1. The van der Waals surface area contributed by atoms with Crippen molar-refractivity contribution >= 4 is 0 Å². The Hall–Kier alpha value is -0.760. The fourth-order valence-corrected chi connectivity index (χ4v) is 1.02. The number of hydrogen-bond donors (Lipinski definition) is 1. The van der Waals surface area contributed by atoms with E-state index in [9.17, 15) is 0 Å². The van der Waals surface area contributed by atoms with E-state index >= 15 is 0 Å². The second kappa shape index (κ2) is 3.76. The van der Waals surface area contributed by atoms with E-state index in [1.165, 1.54) is 0 Å². The van der Waals surface area contributed by atoms with Gasteiger partial charge in [-0.2, -0.15) is 0 Å². The van der Waals surface area contributed by atoms with E-state index in [1.807, 2.05) is 19.2 Å². The average Bonchev–Trinajstić information content (AvgIpc) is 2.53. The molecule has 0 atom stereocenters. The van der Waals surface area contributed by atoms with Crippen molar-refractivity contribution in [2.45, 2.75) is 32.2 Å². The van der Waals surface area contributed by atoms with Crippen molar-refractivity contribution in [1.82, 2.24) is 5.32 Å². The Labute approximate surface area is 74.0 Å². The first kappa shape index (κ1) is 9.33. The van der Waals surface area contributed by atoms with Crippen LogP contribution in [0.2, 0.25) is 0 Å². The van der Waals surface area contributed by atoms with Crippen molar-refractivity contribution in [2.24, 2.45) is 0 Å². The molecule has 0 bridgehead atoms. The van der Waals surface area contributed by atoms with Crippen molar-refractivity contribution in [1.29, 1.82) is 0 Å². The first-order valence-electron chi connectivity index (χ1n) is 4.35. The molecule has 1 aromatic heterocycles. The van der Waals surface area contributed by atoms with E-state index in [0.717, 1.165) is 18.6 Å². The van der Waals surface area contributed by atoms with Gasteiger partial charge in [0.05, 0.1) is 6.26 Å². The third-order valence-corrected chi connectivity index (χ3v) is 2.25. The highest BCUT2D eigenvalue weighted by molar-refractivity contribution is 4.99. The number of furan rings is 1. The molecule has 2 heteroatoms. The Morgan fingerprint density at radius 3 is 2.75 bits per heavy atom. The highest BCUT2D eigenvalue weighted by atomic mass is 16.3. The third-order valence-electron chi connectivity index (χ3n) is 2.25. The maximum absolute atomic E-state index is 5.25. The van der Waals surface area contributed by atoms with Gasteiger partial charge in [-0.3, -0.25) is 0 Å². The van der Waals surface area contributed by atoms with Crippen LogP contribution in [0, 0.1) is 0 Å². The molecule has 1 rings (SSSR count). The molecule has 0 saturated carbocycles. The molecule has 0 fully saturated rings. The van der Waals surface area contributed by atoms with Crippen molar-refractivity contribution in [3.05, 3.63) is 24.2 Å². The molecule has 0 aliphatic carbocycles. The van der Waals surface area contributed by atoms with Gasteiger partial charge in [0.1, 0.15) is 5.76 Å². The van der Waals surface area contributed by atoms with Crippen molar-refractivity contribution in [2.75, 3.05) is 7.05 Å². The molecular weight excluding hydrogens is 150 g/mol. The molecule has 0 aliphatic rings. The zero-order valence-corrected chi connectivity index (χ0v) is 8.05. The number of hydrogen-bond acceptors (Lipinski definition) is 2. The van der Waals surface area contributed by atoms with Crippen molar-refractivity contribution in [3.8, 4) is 0 Å². The van der Waals surface area contributed by atoms with Crippen LogP contribution in [0.3, 0.4) is 0 Å². The van der Waals surface area contributed by atoms with Gasteiger partial charge in [0.15, 0.2) is 0 Å². The Morgan fingerprint density at radius 1 is 1.50 bits per heavy atom. The third kappa shape index (κ3) is 2.70. The maximum Gasteiger partial charge on any atom is 0.103 e. The normalized spacial score (nSPS) is 11.9. The van der Waals surface area contributed by atoms with Crippen LogP contribution in [-0.2, 0) is 6.42 Å². The molecule has 1 aromatic rings. The first-order chi connectivity index (χ1) is 5.64. The van der Waals surface area contributed by atoms with E-state index in [2.05, 4.69) is 19.2 Å². The highest BCUT2D eigenvalue weighted by Gasteiger charge is 2.14. The van der Waals surface area contributed by atoms with Crippen LogP contribution in [0.4, 0.5) is 0 Å².